The van der Waals surface area contributed by atoms with Gasteiger partial charge in [-0.05, 0) is 6.92 Å². The Morgan fingerprint density at radius 2 is 2.33 bits per heavy atom. The number of ether oxygens (including phenoxy) is 1. The summed E-state index contributed by atoms with van der Waals surface area (Å²) < 4.78 is 4.91. The van der Waals surface area contributed by atoms with Crippen LogP contribution in [0.25, 0.3) is 0 Å². The highest BCUT2D eigenvalue weighted by Gasteiger charge is 1.94. The maximum atomic E-state index is 8.89. The second kappa shape index (κ2) is 5.91. The minimum absolute atomic E-state index is 0.917. The Morgan fingerprint density at radius 3 is 2.44 bits per heavy atom. The fraction of sp³-hybridized carbons (Fsp3) is 0.800. The molecule has 1 heterocycles. The third-order valence-corrected chi connectivity index (χ3v) is 1.33. The van der Waals surface area contributed by atoms with Crippen LogP contribution in [0.15, 0.2) is 0 Å². The first-order valence-corrected chi connectivity index (χ1v) is 3.72. The first kappa shape index (κ1) is 8.78. The Morgan fingerprint density at radius 1 is 1.78 bits per heavy atom. The van der Waals surface area contributed by atoms with Crippen molar-refractivity contribution in [1.82, 2.24) is 0 Å². The van der Waals surface area contributed by atoms with Crippen LogP contribution in [0.3, 0.4) is 0 Å². The van der Waals surface area contributed by atoms with Crippen LogP contribution < -0.4 is 5.11 Å². The van der Waals surface area contributed by atoms with Gasteiger partial charge in [0.2, 0.25) is 0 Å². The second-order valence-corrected chi connectivity index (χ2v) is 2.48. The van der Waals surface area contributed by atoms with Crippen molar-refractivity contribution in [1.29, 1.82) is 0 Å². The topological polar surface area (TPSA) is 49.4 Å². The molecule has 0 spiro atoms. The molecule has 0 aliphatic carbocycles. The number of aliphatic carboxylic acids is 1. The molecular weight excluding hydrogens is 140 g/mol. The van der Waals surface area contributed by atoms with Crippen molar-refractivity contribution in [2.24, 2.45) is 0 Å². The molecule has 54 valence electrons. The van der Waals surface area contributed by atoms with Gasteiger partial charge in [0.05, 0.1) is 12.5 Å². The van der Waals surface area contributed by atoms with E-state index in [2.05, 4.69) is 0 Å². The first-order chi connectivity index (χ1) is 4.23. The van der Waals surface area contributed by atoms with Crippen molar-refractivity contribution in [2.45, 2.75) is 6.92 Å². The highest BCUT2D eigenvalue weighted by Crippen LogP contribution is 2.06. The predicted octanol–water partition coefficient (Wildman–Crippen LogP) is -0.536. The normalized spacial score (nSPS) is 16.1. The molecule has 0 aromatic carbocycles. The Labute approximate surface area is 58.4 Å². The standard InChI is InChI=1S/C3H6OS.C2H4O2/c1-2-5-3-4-1;1-2(3)4/h1-3H2;1H3,(H,3,4)/p-1. The zero-order chi connectivity index (χ0) is 7.11. The summed E-state index contributed by atoms with van der Waals surface area (Å²) in [6, 6.07) is 0. The molecule has 0 aromatic heterocycles. The number of hydrogen-bond acceptors (Lipinski definition) is 4. The van der Waals surface area contributed by atoms with E-state index in [1.807, 2.05) is 11.8 Å². The van der Waals surface area contributed by atoms with Crippen molar-refractivity contribution in [3.8, 4) is 0 Å². The summed E-state index contributed by atoms with van der Waals surface area (Å²) in [6.45, 7) is 1.94. The van der Waals surface area contributed by atoms with Gasteiger partial charge < -0.3 is 14.6 Å². The lowest BCUT2D eigenvalue weighted by molar-refractivity contribution is -0.302. The lowest BCUT2D eigenvalue weighted by atomic mass is 10.9. The average Bonchev–Trinajstić information content (AvgIpc) is 2.11. The fourth-order valence-corrected chi connectivity index (χ4v) is 0.884. The van der Waals surface area contributed by atoms with Gasteiger partial charge in [-0.3, -0.25) is 0 Å². The third-order valence-electron chi connectivity index (χ3n) is 0.539. The van der Waals surface area contributed by atoms with E-state index in [-0.39, 0.29) is 0 Å². The summed E-state index contributed by atoms with van der Waals surface area (Å²) in [6.07, 6.45) is 0. The van der Waals surface area contributed by atoms with Gasteiger partial charge in [-0.25, -0.2) is 0 Å². The van der Waals surface area contributed by atoms with Gasteiger partial charge in [0.25, 0.3) is 0 Å². The van der Waals surface area contributed by atoms with E-state index < -0.39 is 5.97 Å². The van der Waals surface area contributed by atoms with Crippen molar-refractivity contribution < 1.29 is 14.6 Å². The van der Waals surface area contributed by atoms with Crippen molar-refractivity contribution in [3.63, 3.8) is 0 Å². The van der Waals surface area contributed by atoms with Crippen molar-refractivity contribution in [3.05, 3.63) is 0 Å². The molecule has 0 saturated carbocycles. The molecule has 1 aliphatic heterocycles. The number of hydrogen-bond donors (Lipinski definition) is 0. The largest absolute Gasteiger partial charge is 0.550 e. The molecule has 0 amide bonds. The van der Waals surface area contributed by atoms with E-state index in [1.165, 1.54) is 5.75 Å². The molecular formula is C5H9O3S-. The zero-order valence-electron chi connectivity index (χ0n) is 5.25. The average molecular weight is 149 g/mol. The summed E-state index contributed by atoms with van der Waals surface area (Å²) in [5.74, 6) is 1.03. The molecule has 0 unspecified atom stereocenters. The molecule has 0 bridgehead atoms. The molecule has 0 aromatic rings. The Hall–Kier alpha value is -0.220. The molecule has 9 heavy (non-hydrogen) atoms. The molecule has 1 aliphatic rings. The number of rotatable bonds is 0. The third kappa shape index (κ3) is 11.4. The van der Waals surface area contributed by atoms with Gasteiger partial charge in [-0.2, -0.15) is 0 Å². The summed E-state index contributed by atoms with van der Waals surface area (Å²) >= 11 is 1.85. The smallest absolute Gasteiger partial charge is 0.0922 e. The Balaban J connectivity index is 0.000000148. The lowest BCUT2D eigenvalue weighted by Gasteiger charge is -1.77. The maximum Gasteiger partial charge on any atom is 0.0922 e. The minimum Gasteiger partial charge on any atom is -0.550 e. The molecule has 0 radical (unpaired) electrons. The molecule has 1 fully saturated rings. The highest BCUT2D eigenvalue weighted by molar-refractivity contribution is 7.99. The number of carboxylic acid groups (broad SMARTS) is 1. The van der Waals surface area contributed by atoms with Gasteiger partial charge in [0, 0.05) is 11.7 Å². The van der Waals surface area contributed by atoms with E-state index in [1.54, 1.807) is 0 Å². The summed E-state index contributed by atoms with van der Waals surface area (Å²) in [7, 11) is 0. The van der Waals surface area contributed by atoms with E-state index in [9.17, 15) is 0 Å². The number of carbonyl (C=O) groups is 1. The fourth-order valence-electron chi connectivity index (χ4n) is 0.295. The molecule has 1 saturated heterocycles. The number of thioether (sulfide) groups is 1. The summed E-state index contributed by atoms with van der Waals surface area (Å²) in [5, 5.41) is 8.89. The van der Waals surface area contributed by atoms with Crippen LogP contribution in [0.5, 0.6) is 0 Å². The zero-order valence-corrected chi connectivity index (χ0v) is 6.07. The number of carboxylic acids is 1. The predicted molar refractivity (Wildman–Crippen MR) is 34.0 cm³/mol. The van der Waals surface area contributed by atoms with Crippen LogP contribution in [0, 0.1) is 0 Å². The van der Waals surface area contributed by atoms with E-state index in [4.69, 9.17) is 14.6 Å². The molecule has 3 nitrogen and oxygen atoms in total. The molecule has 0 N–H and O–H groups in total. The minimum atomic E-state index is -1.08. The van der Waals surface area contributed by atoms with E-state index in [0.29, 0.717) is 0 Å². The Bertz CT molecular complexity index is 68.7. The monoisotopic (exact) mass is 149 g/mol. The van der Waals surface area contributed by atoms with Crippen LogP contribution >= 0.6 is 11.8 Å². The first-order valence-electron chi connectivity index (χ1n) is 2.56. The second-order valence-electron chi connectivity index (χ2n) is 1.43. The SMILES string of the molecule is C1CSCO1.CC(=O)[O-]. The van der Waals surface area contributed by atoms with Gasteiger partial charge in [-0.15, -0.1) is 11.8 Å². The molecule has 4 heteroatoms. The quantitative estimate of drug-likeness (QED) is 0.464. The van der Waals surface area contributed by atoms with Gasteiger partial charge in [0.1, 0.15) is 0 Å². The highest BCUT2D eigenvalue weighted by atomic mass is 32.2. The summed E-state index contributed by atoms with van der Waals surface area (Å²) in [4.78, 5) is 8.89. The number of carbonyl (C=O) groups excluding carboxylic acids is 1. The van der Waals surface area contributed by atoms with Crippen LogP contribution in [0.1, 0.15) is 6.92 Å². The van der Waals surface area contributed by atoms with Crippen molar-refractivity contribution >= 4 is 17.7 Å². The molecule has 0 atom stereocenters. The van der Waals surface area contributed by atoms with E-state index >= 15 is 0 Å². The van der Waals surface area contributed by atoms with Crippen molar-refractivity contribution in [2.75, 3.05) is 18.3 Å². The van der Waals surface area contributed by atoms with E-state index in [0.717, 1.165) is 19.5 Å². The molecule has 1 rings (SSSR count). The van der Waals surface area contributed by atoms with Crippen LogP contribution in [-0.2, 0) is 9.53 Å². The summed E-state index contributed by atoms with van der Waals surface area (Å²) in [5.41, 5.74) is 0. The lowest BCUT2D eigenvalue weighted by Crippen LogP contribution is -2.16. The van der Waals surface area contributed by atoms with Crippen LogP contribution in [0.2, 0.25) is 0 Å². The van der Waals surface area contributed by atoms with Gasteiger partial charge >= 0.3 is 0 Å². The van der Waals surface area contributed by atoms with Gasteiger partial charge in [0.15, 0.2) is 0 Å². The van der Waals surface area contributed by atoms with Crippen LogP contribution in [-0.4, -0.2) is 24.3 Å². The maximum absolute atomic E-state index is 8.89. The van der Waals surface area contributed by atoms with Crippen LogP contribution in [0.4, 0.5) is 0 Å². The Kier molecular flexibility index (Phi) is 5.76. The van der Waals surface area contributed by atoms with Gasteiger partial charge in [-0.1, -0.05) is 0 Å².